The van der Waals surface area contributed by atoms with Crippen molar-refractivity contribution in [1.82, 2.24) is 20.1 Å². The van der Waals surface area contributed by atoms with Gasteiger partial charge in [-0.2, -0.15) is 0 Å². The van der Waals surface area contributed by atoms with Crippen LogP contribution in [0, 0.1) is 13.8 Å². The smallest absolute Gasteiger partial charge is 0.251 e. The van der Waals surface area contributed by atoms with Crippen LogP contribution in [0.4, 0.5) is 5.69 Å². The van der Waals surface area contributed by atoms with E-state index in [1.54, 1.807) is 48.1 Å². The van der Waals surface area contributed by atoms with Gasteiger partial charge in [0, 0.05) is 16.3 Å². The fourth-order valence-corrected chi connectivity index (χ4v) is 4.61. The zero-order chi connectivity index (χ0) is 26.4. The average molecular weight is 536 g/mol. The van der Waals surface area contributed by atoms with E-state index in [1.165, 1.54) is 11.8 Å². The van der Waals surface area contributed by atoms with Crippen LogP contribution in [0.2, 0.25) is 5.02 Å². The number of aryl methyl sites for hydroxylation is 2. The van der Waals surface area contributed by atoms with Crippen LogP contribution >= 0.6 is 23.4 Å². The first kappa shape index (κ1) is 26.2. The number of nitrogens with zero attached hydrogens (tertiary/aromatic N) is 3. The number of carbonyl (C=O) groups excluding carboxylic acids is 2. The molecule has 4 aromatic rings. The average Bonchev–Trinajstić information content (AvgIpc) is 3.30. The van der Waals surface area contributed by atoms with E-state index in [0.29, 0.717) is 27.3 Å². The summed E-state index contributed by atoms with van der Waals surface area (Å²) >= 11 is 7.48. The second-order valence-electron chi connectivity index (χ2n) is 8.28. The van der Waals surface area contributed by atoms with Crippen molar-refractivity contribution in [3.63, 3.8) is 0 Å². The van der Waals surface area contributed by atoms with Crippen LogP contribution in [0.1, 0.15) is 27.3 Å². The number of aromatic nitrogens is 3. The van der Waals surface area contributed by atoms with Gasteiger partial charge in [0.15, 0.2) is 11.0 Å². The summed E-state index contributed by atoms with van der Waals surface area (Å²) in [5.74, 6) is 0.878. The van der Waals surface area contributed by atoms with E-state index < -0.39 is 0 Å². The molecule has 4 rings (SSSR count). The highest BCUT2D eigenvalue weighted by Gasteiger charge is 2.18. The van der Waals surface area contributed by atoms with E-state index in [-0.39, 0.29) is 24.1 Å². The summed E-state index contributed by atoms with van der Waals surface area (Å²) in [4.78, 5) is 25.3. The van der Waals surface area contributed by atoms with E-state index in [1.807, 2.05) is 44.2 Å². The highest BCUT2D eigenvalue weighted by molar-refractivity contribution is 7.99. The molecule has 2 N–H and O–H groups in total. The quantitative estimate of drug-likeness (QED) is 0.286. The SMILES string of the molecule is COc1ccc(C(=O)NCc2nnc(SCC(=O)Nc3ccc(C)cc3C)n2-c2cccc(Cl)c2)cc1. The molecular weight excluding hydrogens is 510 g/mol. The fourth-order valence-electron chi connectivity index (χ4n) is 3.66. The Morgan fingerprint density at radius 1 is 1.03 bits per heavy atom. The number of anilines is 1. The summed E-state index contributed by atoms with van der Waals surface area (Å²) in [6.45, 7) is 4.09. The molecule has 0 aliphatic rings. The molecule has 0 spiro atoms. The van der Waals surface area contributed by atoms with Crippen molar-refractivity contribution in [1.29, 1.82) is 0 Å². The van der Waals surface area contributed by atoms with Crippen molar-refractivity contribution in [2.75, 3.05) is 18.2 Å². The van der Waals surface area contributed by atoms with E-state index in [9.17, 15) is 9.59 Å². The lowest BCUT2D eigenvalue weighted by Gasteiger charge is -2.12. The minimum atomic E-state index is -0.259. The second-order valence-corrected chi connectivity index (χ2v) is 9.66. The minimum Gasteiger partial charge on any atom is -0.497 e. The number of halogens is 1. The second kappa shape index (κ2) is 11.9. The summed E-state index contributed by atoms with van der Waals surface area (Å²) in [6.07, 6.45) is 0. The molecule has 0 radical (unpaired) electrons. The zero-order valence-electron chi connectivity index (χ0n) is 20.6. The molecular formula is C27H26ClN5O3S. The number of thioether (sulfide) groups is 1. The molecule has 0 saturated heterocycles. The van der Waals surface area contributed by atoms with Gasteiger partial charge >= 0.3 is 0 Å². The lowest BCUT2D eigenvalue weighted by atomic mass is 10.1. The van der Waals surface area contributed by atoms with Gasteiger partial charge in [-0.05, 0) is 67.9 Å². The number of hydrogen-bond donors (Lipinski definition) is 2. The van der Waals surface area contributed by atoms with Crippen LogP contribution in [-0.2, 0) is 11.3 Å². The molecule has 0 aliphatic carbocycles. The van der Waals surface area contributed by atoms with Gasteiger partial charge in [0.1, 0.15) is 5.75 Å². The summed E-state index contributed by atoms with van der Waals surface area (Å²) in [7, 11) is 1.57. The number of hydrogen-bond acceptors (Lipinski definition) is 6. The first-order valence-corrected chi connectivity index (χ1v) is 12.8. The maximum absolute atomic E-state index is 12.7. The predicted octanol–water partition coefficient (Wildman–Crippen LogP) is 5.21. The Bertz CT molecular complexity index is 1420. The van der Waals surface area contributed by atoms with Gasteiger partial charge in [-0.3, -0.25) is 14.2 Å². The van der Waals surface area contributed by atoms with Crippen molar-refractivity contribution in [3.8, 4) is 11.4 Å². The van der Waals surface area contributed by atoms with Crippen LogP contribution in [-0.4, -0.2) is 39.4 Å². The van der Waals surface area contributed by atoms with Crippen LogP contribution in [0.3, 0.4) is 0 Å². The summed E-state index contributed by atoms with van der Waals surface area (Å²) < 4.78 is 6.93. The maximum atomic E-state index is 12.7. The third-order valence-corrected chi connectivity index (χ3v) is 6.68. The summed E-state index contributed by atoms with van der Waals surface area (Å²) in [5, 5.41) is 15.4. The molecule has 0 bridgehead atoms. The third kappa shape index (κ3) is 6.69. The molecule has 0 saturated carbocycles. The standard InChI is InChI=1S/C27H26ClN5O3S/c1-17-7-12-23(18(2)13-17)30-25(34)16-37-27-32-31-24(33(27)21-6-4-5-20(28)14-21)15-29-26(35)19-8-10-22(36-3)11-9-19/h4-14H,15-16H2,1-3H3,(H,29,35)(H,30,34). The Kier molecular flexibility index (Phi) is 8.47. The Morgan fingerprint density at radius 3 is 2.51 bits per heavy atom. The summed E-state index contributed by atoms with van der Waals surface area (Å²) in [5.41, 5.74) is 4.12. The van der Waals surface area contributed by atoms with Crippen molar-refractivity contribution >= 4 is 40.9 Å². The number of amides is 2. The number of rotatable bonds is 9. The fraction of sp³-hybridized carbons (Fsp3) is 0.185. The monoisotopic (exact) mass is 535 g/mol. The predicted molar refractivity (Wildman–Crippen MR) is 146 cm³/mol. The van der Waals surface area contributed by atoms with Gasteiger partial charge in [0.25, 0.3) is 5.91 Å². The lowest BCUT2D eigenvalue weighted by Crippen LogP contribution is -2.24. The van der Waals surface area contributed by atoms with E-state index >= 15 is 0 Å². The molecule has 190 valence electrons. The molecule has 2 amide bonds. The minimum absolute atomic E-state index is 0.125. The number of methoxy groups -OCH3 is 1. The number of carbonyl (C=O) groups is 2. The molecule has 3 aromatic carbocycles. The lowest BCUT2D eigenvalue weighted by molar-refractivity contribution is -0.113. The first-order valence-electron chi connectivity index (χ1n) is 11.5. The third-order valence-electron chi connectivity index (χ3n) is 5.51. The van der Waals surface area contributed by atoms with Gasteiger partial charge < -0.3 is 15.4 Å². The zero-order valence-corrected chi connectivity index (χ0v) is 22.2. The van der Waals surface area contributed by atoms with Crippen molar-refractivity contribution in [3.05, 3.63) is 94.3 Å². The molecule has 0 aliphatic heterocycles. The molecule has 8 nitrogen and oxygen atoms in total. The van der Waals surface area contributed by atoms with Crippen LogP contribution in [0.15, 0.2) is 71.9 Å². The molecule has 0 atom stereocenters. The largest absolute Gasteiger partial charge is 0.497 e. The van der Waals surface area contributed by atoms with Crippen molar-refractivity contribution in [2.24, 2.45) is 0 Å². The highest BCUT2D eigenvalue weighted by atomic mass is 35.5. The molecule has 0 unspecified atom stereocenters. The van der Waals surface area contributed by atoms with Crippen LogP contribution < -0.4 is 15.4 Å². The van der Waals surface area contributed by atoms with Gasteiger partial charge in [-0.1, -0.05) is 47.1 Å². The maximum Gasteiger partial charge on any atom is 0.251 e. The van der Waals surface area contributed by atoms with Crippen molar-refractivity contribution in [2.45, 2.75) is 25.5 Å². The highest BCUT2D eigenvalue weighted by Crippen LogP contribution is 2.25. The Hall–Kier alpha value is -3.82. The topological polar surface area (TPSA) is 98.1 Å². The van der Waals surface area contributed by atoms with Gasteiger partial charge in [0.2, 0.25) is 5.91 Å². The first-order chi connectivity index (χ1) is 17.8. The van der Waals surface area contributed by atoms with Gasteiger partial charge in [0.05, 0.1) is 25.1 Å². The summed E-state index contributed by atoms with van der Waals surface area (Å²) in [6, 6.07) is 19.9. The Balaban J connectivity index is 1.50. The molecule has 10 heteroatoms. The molecule has 1 heterocycles. The van der Waals surface area contributed by atoms with Crippen LogP contribution in [0.5, 0.6) is 5.75 Å². The number of benzene rings is 3. The molecule has 37 heavy (non-hydrogen) atoms. The van der Waals surface area contributed by atoms with E-state index in [4.69, 9.17) is 16.3 Å². The number of ether oxygens (including phenoxy) is 1. The van der Waals surface area contributed by atoms with E-state index in [2.05, 4.69) is 20.8 Å². The molecule has 0 fully saturated rings. The Labute approximate surface area is 224 Å². The van der Waals surface area contributed by atoms with Crippen LogP contribution in [0.25, 0.3) is 5.69 Å². The number of nitrogens with one attached hydrogen (secondary N) is 2. The Morgan fingerprint density at radius 2 is 1.81 bits per heavy atom. The van der Waals surface area contributed by atoms with Gasteiger partial charge in [-0.15, -0.1) is 10.2 Å². The van der Waals surface area contributed by atoms with E-state index in [0.717, 1.165) is 22.5 Å². The normalized spacial score (nSPS) is 10.7. The van der Waals surface area contributed by atoms with Crippen molar-refractivity contribution < 1.29 is 14.3 Å². The van der Waals surface area contributed by atoms with Gasteiger partial charge in [-0.25, -0.2) is 0 Å². The molecule has 1 aromatic heterocycles.